The summed E-state index contributed by atoms with van der Waals surface area (Å²) < 4.78 is 14.6. The van der Waals surface area contributed by atoms with Crippen molar-refractivity contribution in [1.82, 2.24) is 4.57 Å². The van der Waals surface area contributed by atoms with Gasteiger partial charge in [0.2, 0.25) is 5.91 Å². The molecule has 1 heterocycles. The molecule has 1 amide bonds. The van der Waals surface area contributed by atoms with Gasteiger partial charge in [0.05, 0.1) is 12.0 Å². The number of carbonyl (C=O) groups is 2. The van der Waals surface area contributed by atoms with Crippen molar-refractivity contribution in [3.63, 3.8) is 0 Å². The van der Waals surface area contributed by atoms with Gasteiger partial charge in [-0.1, -0.05) is 0 Å². The second kappa shape index (κ2) is 6.01. The van der Waals surface area contributed by atoms with Crippen LogP contribution in [0.1, 0.15) is 21.6 Å². The molecule has 0 aliphatic carbocycles. The van der Waals surface area contributed by atoms with E-state index in [0.29, 0.717) is 16.9 Å². The predicted octanol–water partition coefficient (Wildman–Crippen LogP) is 2.38. The van der Waals surface area contributed by atoms with Crippen LogP contribution in [0.2, 0.25) is 0 Å². The molecule has 6 heteroatoms. The van der Waals surface area contributed by atoms with Gasteiger partial charge in [0.1, 0.15) is 5.82 Å². The van der Waals surface area contributed by atoms with Crippen LogP contribution >= 0.6 is 0 Å². The van der Waals surface area contributed by atoms with Crippen molar-refractivity contribution in [2.75, 3.05) is 11.9 Å². The first-order chi connectivity index (χ1) is 10.3. The first kappa shape index (κ1) is 15.8. The van der Waals surface area contributed by atoms with Crippen molar-refractivity contribution < 1.29 is 19.1 Å². The van der Waals surface area contributed by atoms with Gasteiger partial charge in [-0.25, -0.2) is 9.18 Å². The van der Waals surface area contributed by atoms with E-state index in [9.17, 15) is 19.1 Å². The summed E-state index contributed by atoms with van der Waals surface area (Å²) in [6.07, 6.45) is 1.64. The molecule has 0 unspecified atom stereocenters. The van der Waals surface area contributed by atoms with Crippen LogP contribution in [0.25, 0.3) is 0 Å². The Balaban J connectivity index is 2.25. The van der Waals surface area contributed by atoms with Gasteiger partial charge in [0.25, 0.3) is 0 Å². The zero-order valence-electron chi connectivity index (χ0n) is 12.6. The highest BCUT2D eigenvalue weighted by Crippen LogP contribution is 2.19. The molecule has 116 valence electrons. The fourth-order valence-electron chi connectivity index (χ4n) is 2.41. The molecule has 1 aromatic heterocycles. The lowest BCUT2D eigenvalue weighted by Gasteiger charge is -2.18. The minimum absolute atomic E-state index is 0.0418. The van der Waals surface area contributed by atoms with Crippen LogP contribution in [0.5, 0.6) is 0 Å². The molecule has 0 atom stereocenters. The van der Waals surface area contributed by atoms with E-state index in [0.717, 1.165) is 0 Å². The smallest absolute Gasteiger partial charge is 0.337 e. The van der Waals surface area contributed by atoms with E-state index >= 15 is 0 Å². The Labute approximate surface area is 127 Å². The number of likely N-dealkylation sites (N-methyl/N-ethyl adjacent to an activating group) is 1. The van der Waals surface area contributed by atoms with E-state index in [1.54, 1.807) is 31.8 Å². The van der Waals surface area contributed by atoms with Gasteiger partial charge in [-0.05, 0) is 36.8 Å². The number of benzene rings is 1. The van der Waals surface area contributed by atoms with Crippen LogP contribution in [0.3, 0.4) is 0 Å². The Hall–Kier alpha value is -2.63. The average molecular weight is 304 g/mol. The minimum Gasteiger partial charge on any atom is -0.478 e. The summed E-state index contributed by atoms with van der Waals surface area (Å²) in [4.78, 5) is 25.1. The minimum atomic E-state index is -1.05. The van der Waals surface area contributed by atoms with Crippen LogP contribution in [0.4, 0.5) is 10.1 Å². The van der Waals surface area contributed by atoms with Crippen molar-refractivity contribution in [3.8, 4) is 0 Å². The highest BCUT2D eigenvalue weighted by molar-refractivity contribution is 5.97. The largest absolute Gasteiger partial charge is 0.478 e. The Morgan fingerprint density at radius 3 is 2.41 bits per heavy atom. The number of carboxylic acids is 1. The molecular formula is C16H17FN2O3. The first-order valence-corrected chi connectivity index (χ1v) is 6.71. The first-order valence-electron chi connectivity index (χ1n) is 6.71. The summed E-state index contributed by atoms with van der Waals surface area (Å²) in [5.74, 6) is -1.70. The summed E-state index contributed by atoms with van der Waals surface area (Å²) in [7, 11) is 3.28. The number of halogens is 1. The van der Waals surface area contributed by atoms with Crippen LogP contribution in [0.15, 0.2) is 30.5 Å². The highest BCUT2D eigenvalue weighted by Gasteiger charge is 2.22. The lowest BCUT2D eigenvalue weighted by atomic mass is 10.1. The molecule has 0 spiro atoms. The summed E-state index contributed by atoms with van der Waals surface area (Å²) in [5, 5.41) is 9.28. The SMILES string of the molecule is Cc1cn(C)c(CC(=O)N(C)c2ccc(F)cc2)c1C(=O)O. The maximum atomic E-state index is 12.9. The van der Waals surface area contributed by atoms with Gasteiger partial charge in [-0.15, -0.1) is 0 Å². The number of amides is 1. The molecule has 0 bridgehead atoms. The Bertz CT molecular complexity index is 720. The number of aromatic nitrogens is 1. The van der Waals surface area contributed by atoms with Gasteiger partial charge in [0.15, 0.2) is 0 Å². The maximum absolute atomic E-state index is 12.9. The molecule has 0 radical (unpaired) electrons. The van der Waals surface area contributed by atoms with Crippen molar-refractivity contribution in [3.05, 3.63) is 53.1 Å². The Morgan fingerprint density at radius 1 is 1.27 bits per heavy atom. The van der Waals surface area contributed by atoms with Gasteiger partial charge < -0.3 is 14.6 Å². The second-order valence-corrected chi connectivity index (χ2v) is 5.16. The number of anilines is 1. The van der Waals surface area contributed by atoms with Crippen molar-refractivity contribution in [2.24, 2.45) is 7.05 Å². The second-order valence-electron chi connectivity index (χ2n) is 5.16. The quantitative estimate of drug-likeness (QED) is 0.943. The molecule has 0 aliphatic rings. The third kappa shape index (κ3) is 3.00. The normalized spacial score (nSPS) is 10.5. The van der Waals surface area contributed by atoms with Gasteiger partial charge >= 0.3 is 5.97 Å². The lowest BCUT2D eigenvalue weighted by molar-refractivity contribution is -0.117. The van der Waals surface area contributed by atoms with Crippen LogP contribution in [0, 0.1) is 12.7 Å². The topological polar surface area (TPSA) is 62.5 Å². The summed E-state index contributed by atoms with van der Waals surface area (Å²) in [6.45, 7) is 1.70. The van der Waals surface area contributed by atoms with E-state index in [4.69, 9.17) is 0 Å². The molecule has 5 nitrogen and oxygen atoms in total. The average Bonchev–Trinajstić information content (AvgIpc) is 2.73. The number of aromatic carboxylic acids is 1. The third-order valence-electron chi connectivity index (χ3n) is 3.62. The van der Waals surface area contributed by atoms with Crippen LogP contribution < -0.4 is 4.90 Å². The van der Waals surface area contributed by atoms with E-state index in [-0.39, 0.29) is 23.7 Å². The molecule has 0 saturated heterocycles. The van der Waals surface area contributed by atoms with E-state index in [1.807, 2.05) is 0 Å². The molecule has 22 heavy (non-hydrogen) atoms. The maximum Gasteiger partial charge on any atom is 0.337 e. The predicted molar refractivity (Wildman–Crippen MR) is 80.6 cm³/mol. The van der Waals surface area contributed by atoms with Crippen molar-refractivity contribution in [2.45, 2.75) is 13.3 Å². The molecular weight excluding hydrogens is 287 g/mol. The summed E-state index contributed by atoms with van der Waals surface area (Å²) >= 11 is 0. The van der Waals surface area contributed by atoms with Gasteiger partial charge in [-0.3, -0.25) is 4.79 Å². The fourth-order valence-corrected chi connectivity index (χ4v) is 2.41. The highest BCUT2D eigenvalue weighted by atomic mass is 19.1. The number of aryl methyl sites for hydroxylation is 2. The molecule has 0 fully saturated rings. The zero-order valence-corrected chi connectivity index (χ0v) is 12.6. The van der Waals surface area contributed by atoms with Gasteiger partial charge in [-0.2, -0.15) is 0 Å². The van der Waals surface area contributed by atoms with Crippen molar-refractivity contribution in [1.29, 1.82) is 0 Å². The third-order valence-corrected chi connectivity index (χ3v) is 3.62. The molecule has 0 saturated carbocycles. The zero-order chi connectivity index (χ0) is 16.4. The Kier molecular flexibility index (Phi) is 4.30. The standard InChI is InChI=1S/C16H17FN2O3/c1-10-9-18(2)13(15(10)16(21)22)8-14(20)19(3)12-6-4-11(17)5-7-12/h4-7,9H,8H2,1-3H3,(H,21,22). The van der Waals surface area contributed by atoms with E-state index in [1.165, 1.54) is 29.2 Å². The lowest BCUT2D eigenvalue weighted by Crippen LogP contribution is -2.29. The number of hydrogen-bond acceptors (Lipinski definition) is 2. The molecule has 2 rings (SSSR count). The molecule has 2 aromatic rings. The summed E-state index contributed by atoms with van der Waals surface area (Å²) in [6, 6.07) is 5.55. The van der Waals surface area contributed by atoms with E-state index in [2.05, 4.69) is 0 Å². The number of carboxylic acid groups (broad SMARTS) is 1. The molecule has 1 aromatic carbocycles. The molecule has 1 N–H and O–H groups in total. The Morgan fingerprint density at radius 2 is 1.86 bits per heavy atom. The van der Waals surface area contributed by atoms with Crippen LogP contribution in [-0.2, 0) is 18.3 Å². The van der Waals surface area contributed by atoms with E-state index < -0.39 is 5.97 Å². The molecule has 0 aliphatic heterocycles. The van der Waals surface area contributed by atoms with Gasteiger partial charge in [0, 0.05) is 31.7 Å². The number of carbonyl (C=O) groups excluding carboxylic acids is 1. The number of rotatable bonds is 4. The fraction of sp³-hybridized carbons (Fsp3) is 0.250. The monoisotopic (exact) mass is 304 g/mol. The number of hydrogen-bond donors (Lipinski definition) is 1. The summed E-state index contributed by atoms with van der Waals surface area (Å²) in [5.41, 5.74) is 1.77. The number of nitrogens with zero attached hydrogens (tertiary/aromatic N) is 2. The van der Waals surface area contributed by atoms with Crippen LogP contribution in [-0.4, -0.2) is 28.6 Å². The van der Waals surface area contributed by atoms with Crippen molar-refractivity contribution >= 4 is 17.6 Å².